The number of hydrogen-bond acceptors (Lipinski definition) is 5. The van der Waals surface area contributed by atoms with E-state index in [9.17, 15) is 9.59 Å². The second-order valence-electron chi connectivity index (χ2n) is 9.59. The van der Waals surface area contributed by atoms with E-state index in [-0.39, 0.29) is 11.5 Å². The summed E-state index contributed by atoms with van der Waals surface area (Å²) in [7, 11) is 0. The number of nitrogens with zero attached hydrogens (tertiary/aromatic N) is 5. The minimum atomic E-state index is -0.595. The van der Waals surface area contributed by atoms with E-state index in [1.54, 1.807) is 34.5 Å². The van der Waals surface area contributed by atoms with Gasteiger partial charge in [-0.15, -0.1) is 0 Å². The van der Waals surface area contributed by atoms with Crippen LogP contribution in [-0.2, 0) is 0 Å². The Morgan fingerprint density at radius 1 is 1.11 bits per heavy atom. The van der Waals surface area contributed by atoms with Gasteiger partial charge in [0, 0.05) is 23.9 Å². The summed E-state index contributed by atoms with van der Waals surface area (Å²) < 4.78 is 3.15. The Labute approximate surface area is 219 Å². The molecular formula is C30H26N6O2. The highest BCUT2D eigenvalue weighted by Crippen LogP contribution is 2.26. The lowest BCUT2D eigenvalue weighted by Crippen LogP contribution is -2.33. The van der Waals surface area contributed by atoms with Crippen molar-refractivity contribution < 1.29 is 4.79 Å². The van der Waals surface area contributed by atoms with E-state index in [2.05, 4.69) is 27.2 Å². The molecule has 1 atom stereocenters. The predicted molar refractivity (Wildman–Crippen MR) is 145 cm³/mol. The lowest BCUT2D eigenvalue weighted by atomic mass is 9.86. The van der Waals surface area contributed by atoms with Crippen LogP contribution in [0.2, 0.25) is 0 Å². The molecule has 5 aromatic rings. The molecule has 2 aromatic carbocycles. The number of nitrogens with one attached hydrogen (secondary N) is 1. The summed E-state index contributed by atoms with van der Waals surface area (Å²) in [6, 6.07) is 16.1. The molecule has 1 amide bonds. The highest BCUT2D eigenvalue weighted by molar-refractivity contribution is 6.01. The van der Waals surface area contributed by atoms with Crippen LogP contribution < -0.4 is 10.9 Å². The molecule has 0 saturated heterocycles. The maximum absolute atomic E-state index is 14.1. The Morgan fingerprint density at radius 3 is 2.68 bits per heavy atom. The maximum atomic E-state index is 14.1. The van der Waals surface area contributed by atoms with Crippen molar-refractivity contribution in [1.29, 1.82) is 0 Å². The fourth-order valence-corrected chi connectivity index (χ4v) is 4.80. The van der Waals surface area contributed by atoms with Crippen LogP contribution in [0.5, 0.6) is 0 Å². The number of aryl methyl sites for hydroxylation is 1. The first-order valence-electron chi connectivity index (χ1n) is 12.7. The van der Waals surface area contributed by atoms with Crippen molar-refractivity contribution in [2.24, 2.45) is 5.92 Å². The molecule has 8 heteroatoms. The van der Waals surface area contributed by atoms with Gasteiger partial charge in [-0.1, -0.05) is 42.5 Å². The number of carbonyl (C=O) groups is 1. The van der Waals surface area contributed by atoms with Gasteiger partial charge < -0.3 is 5.32 Å². The van der Waals surface area contributed by atoms with Crippen molar-refractivity contribution in [1.82, 2.24) is 29.5 Å². The number of para-hydroxylation sites is 1. The molecule has 3 heterocycles. The van der Waals surface area contributed by atoms with Crippen molar-refractivity contribution in [3.05, 3.63) is 100.0 Å². The van der Waals surface area contributed by atoms with Crippen molar-refractivity contribution >= 4 is 22.5 Å². The Morgan fingerprint density at radius 2 is 1.92 bits per heavy atom. The van der Waals surface area contributed by atoms with E-state index in [1.165, 1.54) is 6.42 Å². The van der Waals surface area contributed by atoms with Crippen molar-refractivity contribution in [2.45, 2.75) is 39.2 Å². The first kappa shape index (κ1) is 23.6. The molecule has 1 fully saturated rings. The molecule has 1 aliphatic carbocycles. The number of rotatable bonds is 4. The van der Waals surface area contributed by atoms with Gasteiger partial charge in [-0.05, 0) is 57.0 Å². The minimum Gasteiger partial charge on any atom is -0.342 e. The smallest absolute Gasteiger partial charge is 0.267 e. The van der Waals surface area contributed by atoms with Crippen molar-refractivity contribution in [2.75, 3.05) is 0 Å². The number of aromatic nitrogens is 5. The second kappa shape index (κ2) is 9.60. The fourth-order valence-electron chi connectivity index (χ4n) is 4.80. The zero-order valence-corrected chi connectivity index (χ0v) is 21.2. The summed E-state index contributed by atoms with van der Waals surface area (Å²) >= 11 is 0. The molecule has 3 aromatic heterocycles. The van der Waals surface area contributed by atoms with Gasteiger partial charge >= 0.3 is 0 Å². The first-order valence-corrected chi connectivity index (χ1v) is 12.7. The average molecular weight is 503 g/mol. The number of benzene rings is 2. The quantitative estimate of drug-likeness (QED) is 0.368. The van der Waals surface area contributed by atoms with Gasteiger partial charge in [0.1, 0.15) is 11.4 Å². The molecule has 0 spiro atoms. The number of carbonyl (C=O) groups excluding carboxylic acids is 1. The second-order valence-corrected chi connectivity index (χ2v) is 9.59. The van der Waals surface area contributed by atoms with Crippen LogP contribution in [-0.4, -0.2) is 30.1 Å². The standard InChI is InChI=1S/C30H26N6O2/c1-19-25(28-31-17-8-18-35(28)34-19)29(37)32-20(2)27-33-24-14-7-11-22(16-15-21-9-6-10-21)26(24)30(38)36(27)23-12-4-3-5-13-23/h3-5,7-8,11-14,17-18,20-21H,6,9-10H2,1-2H3,(H,32,37). The van der Waals surface area contributed by atoms with E-state index < -0.39 is 6.04 Å². The van der Waals surface area contributed by atoms with E-state index in [0.717, 1.165) is 12.8 Å². The molecule has 0 bridgehead atoms. The molecule has 188 valence electrons. The molecule has 1 N–H and O–H groups in total. The highest BCUT2D eigenvalue weighted by atomic mass is 16.2. The van der Waals surface area contributed by atoms with Gasteiger partial charge in [-0.3, -0.25) is 14.2 Å². The van der Waals surface area contributed by atoms with Crippen molar-refractivity contribution in [3.63, 3.8) is 0 Å². The minimum absolute atomic E-state index is 0.218. The third-order valence-electron chi connectivity index (χ3n) is 6.99. The van der Waals surface area contributed by atoms with Crippen LogP contribution in [0.3, 0.4) is 0 Å². The largest absolute Gasteiger partial charge is 0.342 e. The third kappa shape index (κ3) is 4.12. The van der Waals surface area contributed by atoms with E-state index in [0.29, 0.717) is 50.8 Å². The van der Waals surface area contributed by atoms with Crippen LogP contribution in [0, 0.1) is 24.7 Å². The van der Waals surface area contributed by atoms with Crippen LogP contribution in [0.25, 0.3) is 22.2 Å². The van der Waals surface area contributed by atoms with Crippen LogP contribution in [0.15, 0.2) is 71.8 Å². The first-order chi connectivity index (χ1) is 18.5. The van der Waals surface area contributed by atoms with Crippen molar-refractivity contribution in [3.8, 4) is 17.5 Å². The number of fused-ring (bicyclic) bond motifs is 2. The van der Waals surface area contributed by atoms with E-state index >= 15 is 0 Å². The summed E-state index contributed by atoms with van der Waals surface area (Å²) in [5.41, 5.74) is 3.09. The average Bonchev–Trinajstić information content (AvgIpc) is 3.23. The maximum Gasteiger partial charge on any atom is 0.267 e. The summed E-state index contributed by atoms with van der Waals surface area (Å²) in [5.74, 6) is 7.04. The lowest BCUT2D eigenvalue weighted by molar-refractivity contribution is 0.0938. The van der Waals surface area contributed by atoms with Gasteiger partial charge in [0.05, 0.1) is 28.3 Å². The molecule has 6 rings (SSSR count). The molecule has 8 nitrogen and oxygen atoms in total. The summed E-state index contributed by atoms with van der Waals surface area (Å²) in [6.07, 6.45) is 6.79. The molecule has 1 unspecified atom stereocenters. The van der Waals surface area contributed by atoms with Gasteiger partial charge in [0.25, 0.3) is 11.5 Å². The summed E-state index contributed by atoms with van der Waals surface area (Å²) in [4.78, 5) is 36.7. The highest BCUT2D eigenvalue weighted by Gasteiger charge is 2.24. The van der Waals surface area contributed by atoms with Gasteiger partial charge in [0.2, 0.25) is 0 Å². The monoisotopic (exact) mass is 502 g/mol. The Kier molecular flexibility index (Phi) is 5.97. The van der Waals surface area contributed by atoms with Gasteiger partial charge in [-0.25, -0.2) is 14.5 Å². The van der Waals surface area contributed by atoms with Crippen LogP contribution in [0.4, 0.5) is 0 Å². The van der Waals surface area contributed by atoms with Crippen LogP contribution in [0.1, 0.15) is 59.7 Å². The Balaban J connectivity index is 1.47. The van der Waals surface area contributed by atoms with Gasteiger partial charge in [-0.2, -0.15) is 5.10 Å². The lowest BCUT2D eigenvalue weighted by Gasteiger charge is -2.20. The number of amides is 1. The Hall–Kier alpha value is -4.77. The fraction of sp³-hybridized carbons (Fsp3) is 0.233. The predicted octanol–water partition coefficient (Wildman–Crippen LogP) is 4.38. The van der Waals surface area contributed by atoms with E-state index in [1.807, 2.05) is 55.5 Å². The zero-order chi connectivity index (χ0) is 26.2. The van der Waals surface area contributed by atoms with Crippen LogP contribution >= 0.6 is 0 Å². The molecule has 1 aliphatic rings. The molecule has 0 radical (unpaired) electrons. The number of hydrogen-bond donors (Lipinski definition) is 1. The molecule has 1 saturated carbocycles. The summed E-state index contributed by atoms with van der Waals surface area (Å²) in [6.45, 7) is 3.59. The molecule has 38 heavy (non-hydrogen) atoms. The summed E-state index contributed by atoms with van der Waals surface area (Å²) in [5, 5.41) is 7.89. The Bertz CT molecular complexity index is 1810. The molecular weight excluding hydrogens is 476 g/mol. The van der Waals surface area contributed by atoms with Gasteiger partial charge in [0.15, 0.2) is 5.65 Å². The normalized spacial score (nSPS) is 14.1. The topological polar surface area (TPSA) is 94.2 Å². The SMILES string of the molecule is Cc1nn2cccnc2c1C(=O)NC(C)c1nc2cccc(C#CC3CCC3)c2c(=O)n1-c1ccccc1. The molecule has 0 aliphatic heterocycles. The zero-order valence-electron chi connectivity index (χ0n) is 21.2. The third-order valence-corrected chi connectivity index (χ3v) is 6.99. The van der Waals surface area contributed by atoms with E-state index in [4.69, 9.17) is 4.98 Å².